The number of rotatable bonds is 24. The number of aromatic amines is 3. The first-order valence-electron chi connectivity index (χ1n) is 21.8. The fourth-order valence-electron chi connectivity index (χ4n) is 7.39. The molecular weight excluding hydrogens is 831 g/mol. The topological polar surface area (TPSA) is 270 Å². The number of nitrogens with one attached hydrogen (secondary N) is 13. The van der Waals surface area contributed by atoms with Gasteiger partial charge in [-0.15, -0.1) is 0 Å². The van der Waals surface area contributed by atoms with Crippen LogP contribution in [-0.4, -0.2) is 130 Å². The van der Waals surface area contributed by atoms with Crippen LogP contribution in [0.25, 0.3) is 32.7 Å². The van der Waals surface area contributed by atoms with Crippen molar-refractivity contribution in [3.05, 3.63) is 95.4 Å². The Bertz CT molecular complexity index is 2490. The lowest BCUT2D eigenvalue weighted by Crippen LogP contribution is -2.45. The molecule has 6 aromatic rings. The van der Waals surface area contributed by atoms with Crippen molar-refractivity contribution in [2.24, 2.45) is 0 Å². The molecule has 0 spiro atoms. The summed E-state index contributed by atoms with van der Waals surface area (Å²) in [7, 11) is 7.24. The van der Waals surface area contributed by atoms with Crippen molar-refractivity contribution in [3.63, 3.8) is 0 Å². The molecule has 3 aromatic carbocycles. The molecule has 0 radical (unpaired) electrons. The minimum Gasteiger partial charge on any atom is -0.353 e. The Hall–Kier alpha value is -7.06. The van der Waals surface area contributed by atoms with E-state index in [4.69, 9.17) is 0 Å². The molecule has 0 fully saturated rings. The molecule has 19 nitrogen and oxygen atoms in total. The molecule has 0 aliphatic carbocycles. The average Bonchev–Trinajstić information content (AvgIpc) is 4.06. The van der Waals surface area contributed by atoms with E-state index in [-0.39, 0.29) is 73.5 Å². The van der Waals surface area contributed by atoms with Gasteiger partial charge in [-0.1, -0.05) is 12.1 Å². The zero-order valence-electron chi connectivity index (χ0n) is 37.1. The lowest BCUT2D eigenvalue weighted by molar-refractivity contribution is -0.123. The number of amides is 6. The molecule has 0 unspecified atom stereocenters. The maximum absolute atomic E-state index is 13.4. The first kappa shape index (κ1) is 47.4. The summed E-state index contributed by atoms with van der Waals surface area (Å²) in [6.07, 6.45) is 3.11. The highest BCUT2D eigenvalue weighted by Crippen LogP contribution is 2.24. The van der Waals surface area contributed by atoms with Crippen LogP contribution in [0.1, 0.15) is 67.5 Å². The first-order valence-corrected chi connectivity index (χ1v) is 21.8. The van der Waals surface area contributed by atoms with Crippen LogP contribution in [0, 0.1) is 0 Å². The summed E-state index contributed by atoms with van der Waals surface area (Å²) in [5, 5.41) is 31.5. The Labute approximate surface area is 376 Å². The van der Waals surface area contributed by atoms with Gasteiger partial charge in [-0.3, -0.25) is 28.8 Å². The summed E-state index contributed by atoms with van der Waals surface area (Å²) >= 11 is 0. The van der Waals surface area contributed by atoms with Gasteiger partial charge in [-0.25, -0.2) is 0 Å². The Kier molecular flexibility index (Phi) is 16.8. The Balaban J connectivity index is 0.982. The molecular formula is C46H59N13O6. The van der Waals surface area contributed by atoms with Crippen LogP contribution >= 0.6 is 0 Å². The normalized spacial score (nSPS) is 12.2. The third kappa shape index (κ3) is 12.8. The third-order valence-electron chi connectivity index (χ3n) is 11.0. The predicted octanol–water partition coefficient (Wildman–Crippen LogP) is 2.50. The van der Waals surface area contributed by atoms with Gasteiger partial charge >= 0.3 is 0 Å². The molecule has 13 N–H and O–H groups in total. The Morgan fingerprint density at radius 1 is 0.446 bits per heavy atom. The fraction of sp³-hybridized carbons (Fsp3) is 0.348. The maximum Gasteiger partial charge on any atom is 0.272 e. The summed E-state index contributed by atoms with van der Waals surface area (Å²) < 4.78 is 0. The zero-order valence-corrected chi connectivity index (χ0v) is 37.1. The molecule has 0 aliphatic heterocycles. The lowest BCUT2D eigenvalue weighted by atomic mass is 10.1. The Morgan fingerprint density at radius 2 is 0.892 bits per heavy atom. The van der Waals surface area contributed by atoms with Crippen molar-refractivity contribution in [3.8, 4) is 0 Å². The van der Waals surface area contributed by atoms with Crippen LogP contribution in [0.5, 0.6) is 0 Å². The van der Waals surface area contributed by atoms with Crippen LogP contribution in [-0.2, 0) is 9.59 Å². The second-order valence-corrected chi connectivity index (χ2v) is 15.6. The fourth-order valence-corrected chi connectivity index (χ4v) is 7.39. The number of hydrogen-bond acceptors (Lipinski definition) is 10. The first-order chi connectivity index (χ1) is 31.5. The smallest absolute Gasteiger partial charge is 0.272 e. The van der Waals surface area contributed by atoms with Crippen LogP contribution in [0.2, 0.25) is 0 Å². The largest absolute Gasteiger partial charge is 0.353 e. The molecule has 6 amide bonds. The number of hydrogen-bond donors (Lipinski definition) is 13. The number of anilines is 2. The summed E-state index contributed by atoms with van der Waals surface area (Å²) in [6.45, 7) is 2.71. The molecule has 0 aliphatic rings. The minimum absolute atomic E-state index is 0.116. The van der Waals surface area contributed by atoms with Gasteiger partial charge in [0.05, 0.1) is 12.1 Å². The number of likely N-dealkylation sites (N-methyl/N-ethyl adjacent to an activating group) is 2. The zero-order chi connectivity index (χ0) is 46.3. The van der Waals surface area contributed by atoms with Crippen LogP contribution in [0.3, 0.4) is 0 Å². The Morgan fingerprint density at radius 3 is 1.38 bits per heavy atom. The minimum atomic E-state index is -0.395. The second-order valence-electron chi connectivity index (χ2n) is 15.6. The number of aromatic nitrogens is 3. The SMILES string of the molecule is CNCCC[C@H](NC)C(=O)NCCNC(=O)c1cc2ccc(NC(=O)c3ccc4[nH]c(C(=O)Nc5ccc6cc(C(=O)NCCNC(=O)[C@H](CCCNC)NC)[nH]c6c5)cc4c3)cc2[nH]1. The van der Waals surface area contributed by atoms with Gasteiger partial charge in [0.15, 0.2) is 0 Å². The highest BCUT2D eigenvalue weighted by atomic mass is 16.2. The second kappa shape index (κ2) is 23.0. The highest BCUT2D eigenvalue weighted by Gasteiger charge is 2.19. The van der Waals surface area contributed by atoms with Crippen LogP contribution in [0.15, 0.2) is 72.8 Å². The molecule has 344 valence electrons. The molecule has 0 bridgehead atoms. The molecule has 0 saturated heterocycles. The molecule has 0 saturated carbocycles. The standard InChI is InChI=1S/C46H59N13O6/c1-47-15-5-7-34(49-3)42(61)51-17-19-53-44(63)38-22-27-9-12-31(25-36(27)58-38)55-41(60)29-11-14-33-30(21-29)24-40(57-33)46(65)56-32-13-10-28-23-39(59-37(28)26-32)45(64)54-20-18-52-43(62)35(50-4)8-6-16-48-2/h9-14,21-26,34-35,47-50,57-59H,5-8,15-20H2,1-4H3,(H,51,61)(H,52,62)(H,53,63)(H,54,64)(H,55,60)(H,56,65)/t34-,35-/m0/s1. The van der Waals surface area contributed by atoms with E-state index in [2.05, 4.69) is 68.1 Å². The van der Waals surface area contributed by atoms with Gasteiger partial charge in [0.1, 0.15) is 17.1 Å². The number of carbonyl (C=O) groups is 6. The van der Waals surface area contributed by atoms with E-state index in [1.807, 2.05) is 14.1 Å². The van der Waals surface area contributed by atoms with Gasteiger partial charge in [-0.05, 0) is 128 Å². The van der Waals surface area contributed by atoms with Gasteiger partial charge in [0.25, 0.3) is 23.6 Å². The van der Waals surface area contributed by atoms with Gasteiger partial charge in [0.2, 0.25) is 11.8 Å². The van der Waals surface area contributed by atoms with E-state index < -0.39 is 5.91 Å². The molecule has 2 atom stereocenters. The molecule has 3 heterocycles. The lowest BCUT2D eigenvalue weighted by Gasteiger charge is -2.16. The van der Waals surface area contributed by atoms with E-state index in [0.717, 1.165) is 36.7 Å². The predicted molar refractivity (Wildman–Crippen MR) is 254 cm³/mol. The number of benzene rings is 3. The van der Waals surface area contributed by atoms with Crippen molar-refractivity contribution in [1.29, 1.82) is 0 Å². The van der Waals surface area contributed by atoms with E-state index in [1.54, 1.807) is 86.9 Å². The maximum atomic E-state index is 13.4. The van der Waals surface area contributed by atoms with E-state index in [9.17, 15) is 28.8 Å². The van der Waals surface area contributed by atoms with Crippen LogP contribution < -0.4 is 53.2 Å². The van der Waals surface area contributed by atoms with Gasteiger partial charge in [-0.2, -0.15) is 0 Å². The summed E-state index contributed by atoms with van der Waals surface area (Å²) in [5.41, 5.74) is 4.34. The summed E-state index contributed by atoms with van der Waals surface area (Å²) in [5.74, 6) is -1.64. The van der Waals surface area contributed by atoms with Gasteiger partial charge in [0, 0.05) is 75.8 Å². The molecule has 3 aromatic heterocycles. The molecule has 6 rings (SSSR count). The van der Waals surface area contributed by atoms with Crippen LogP contribution in [0.4, 0.5) is 11.4 Å². The quantitative estimate of drug-likeness (QED) is 0.0395. The molecule has 65 heavy (non-hydrogen) atoms. The van der Waals surface area contributed by atoms with Gasteiger partial charge < -0.3 is 68.1 Å². The monoisotopic (exact) mass is 889 g/mol. The van der Waals surface area contributed by atoms with Crippen molar-refractivity contribution in [1.82, 2.24) is 57.5 Å². The van der Waals surface area contributed by atoms with Crippen molar-refractivity contribution >= 4 is 79.5 Å². The summed E-state index contributed by atoms with van der Waals surface area (Å²) in [4.78, 5) is 86.7. The molecule has 19 heteroatoms. The number of H-pyrrole nitrogens is 3. The van der Waals surface area contributed by atoms with E-state index in [1.165, 1.54) is 0 Å². The third-order valence-corrected chi connectivity index (χ3v) is 11.0. The van der Waals surface area contributed by atoms with E-state index >= 15 is 0 Å². The number of carbonyl (C=O) groups excluding carboxylic acids is 6. The highest BCUT2D eigenvalue weighted by molar-refractivity contribution is 6.10. The van der Waals surface area contributed by atoms with Crippen molar-refractivity contribution in [2.45, 2.75) is 37.8 Å². The summed E-state index contributed by atoms with van der Waals surface area (Å²) in [6, 6.07) is 20.1. The average molecular weight is 890 g/mol. The van der Waals surface area contributed by atoms with Crippen molar-refractivity contribution < 1.29 is 28.8 Å². The van der Waals surface area contributed by atoms with E-state index in [0.29, 0.717) is 63.1 Å². The van der Waals surface area contributed by atoms with Crippen molar-refractivity contribution in [2.75, 3.05) is 78.1 Å². The number of fused-ring (bicyclic) bond motifs is 3.